The van der Waals surface area contributed by atoms with Crippen molar-refractivity contribution >= 4 is 28.1 Å². The van der Waals surface area contributed by atoms with Gasteiger partial charge < -0.3 is 10.1 Å². The minimum atomic E-state index is -0.311. The number of rotatable bonds is 4. The Hall–Kier alpha value is -1.88. The van der Waals surface area contributed by atoms with Crippen molar-refractivity contribution in [1.82, 2.24) is 4.98 Å². The average Bonchev–Trinajstić information content (AvgIpc) is 2.83. The molecule has 1 aromatic heterocycles. The van der Waals surface area contributed by atoms with Crippen LogP contribution in [-0.4, -0.2) is 17.6 Å². The number of ether oxygens (including phenoxy) is 1. The van der Waals surface area contributed by atoms with Crippen molar-refractivity contribution < 1.29 is 9.53 Å². The highest BCUT2D eigenvalue weighted by Gasteiger charge is 2.16. The molecule has 1 N–H and O–H groups in total. The Balaban J connectivity index is 0.000000956. The van der Waals surface area contributed by atoms with E-state index in [1.54, 1.807) is 13.8 Å². The molecule has 2 aromatic rings. The Bertz CT molecular complexity index is 538. The first kappa shape index (κ1) is 16.2. The number of nitrogens with one attached hydrogen (secondary N) is 1. The third kappa shape index (κ3) is 4.35. The van der Waals surface area contributed by atoms with Crippen molar-refractivity contribution in [2.75, 3.05) is 11.9 Å². The lowest BCUT2D eigenvalue weighted by atomic mass is 10.3. The lowest BCUT2D eigenvalue weighted by molar-refractivity contribution is 0.0531. The Morgan fingerprint density at radius 3 is 2.55 bits per heavy atom. The second-order valence-electron chi connectivity index (χ2n) is 3.65. The molecule has 0 saturated heterocycles. The molecule has 0 aliphatic heterocycles. The monoisotopic (exact) mass is 292 g/mol. The van der Waals surface area contributed by atoms with E-state index in [0.717, 1.165) is 5.69 Å². The van der Waals surface area contributed by atoms with Crippen LogP contribution in [-0.2, 0) is 4.74 Å². The van der Waals surface area contributed by atoms with E-state index in [2.05, 4.69) is 10.3 Å². The molecule has 0 spiro atoms. The normalized spacial score (nSPS) is 9.40. The van der Waals surface area contributed by atoms with Crippen LogP contribution in [0.25, 0.3) is 0 Å². The van der Waals surface area contributed by atoms with Crippen LogP contribution in [0.15, 0.2) is 30.3 Å². The molecule has 0 aliphatic rings. The first-order chi connectivity index (χ1) is 9.70. The van der Waals surface area contributed by atoms with Crippen molar-refractivity contribution in [1.29, 1.82) is 0 Å². The third-order valence-corrected chi connectivity index (χ3v) is 3.34. The van der Waals surface area contributed by atoms with Gasteiger partial charge in [0.05, 0.1) is 12.3 Å². The molecule has 0 aliphatic carbocycles. The Morgan fingerprint density at radius 1 is 1.30 bits per heavy atom. The molecule has 0 saturated carbocycles. The number of carbonyl (C=O) groups is 1. The zero-order valence-corrected chi connectivity index (χ0v) is 13.1. The second kappa shape index (κ2) is 8.32. The van der Waals surface area contributed by atoms with E-state index in [1.807, 2.05) is 44.2 Å². The lowest BCUT2D eigenvalue weighted by Crippen LogP contribution is -2.03. The number of benzene rings is 1. The summed E-state index contributed by atoms with van der Waals surface area (Å²) in [5.74, 6) is -0.311. The van der Waals surface area contributed by atoms with Gasteiger partial charge in [-0.1, -0.05) is 43.4 Å². The summed E-state index contributed by atoms with van der Waals surface area (Å²) >= 11 is 1.31. The van der Waals surface area contributed by atoms with Crippen LogP contribution >= 0.6 is 11.3 Å². The van der Waals surface area contributed by atoms with Crippen LogP contribution in [0.3, 0.4) is 0 Å². The van der Waals surface area contributed by atoms with E-state index in [1.165, 1.54) is 11.3 Å². The molecular formula is C15H20N2O2S. The summed E-state index contributed by atoms with van der Waals surface area (Å²) in [6.45, 7) is 7.97. The van der Waals surface area contributed by atoms with Crippen molar-refractivity contribution in [3.05, 3.63) is 40.9 Å². The highest BCUT2D eigenvalue weighted by molar-refractivity contribution is 7.17. The van der Waals surface area contributed by atoms with Gasteiger partial charge in [0, 0.05) is 5.69 Å². The molecular weight excluding hydrogens is 272 g/mol. The van der Waals surface area contributed by atoms with E-state index < -0.39 is 0 Å². The summed E-state index contributed by atoms with van der Waals surface area (Å²) in [4.78, 5) is 16.5. The van der Waals surface area contributed by atoms with Gasteiger partial charge in [0.1, 0.15) is 4.88 Å². The molecule has 1 heterocycles. The highest BCUT2D eigenvalue weighted by Crippen LogP contribution is 2.26. The van der Waals surface area contributed by atoms with Crippen molar-refractivity contribution in [2.24, 2.45) is 0 Å². The van der Waals surface area contributed by atoms with Gasteiger partial charge >= 0.3 is 5.97 Å². The fourth-order valence-electron chi connectivity index (χ4n) is 1.48. The standard InChI is InChI=1S/C13H14N2O2S.C2H6/c1-3-17-12(16)11-9(2)14-13(18-11)15-10-7-5-4-6-8-10;1-2/h4-8H,3H2,1-2H3,(H,14,15);1-2H3. The zero-order valence-electron chi connectivity index (χ0n) is 12.3. The van der Waals surface area contributed by atoms with Crippen molar-refractivity contribution in [2.45, 2.75) is 27.7 Å². The Morgan fingerprint density at radius 2 is 1.95 bits per heavy atom. The maximum absolute atomic E-state index is 11.7. The van der Waals surface area contributed by atoms with Gasteiger partial charge in [0.15, 0.2) is 5.13 Å². The number of hydrogen-bond acceptors (Lipinski definition) is 5. The molecule has 0 amide bonds. The molecule has 2 rings (SSSR count). The van der Waals surface area contributed by atoms with Gasteiger partial charge in [0.25, 0.3) is 0 Å². The van der Waals surface area contributed by atoms with Crippen LogP contribution in [0.2, 0.25) is 0 Å². The summed E-state index contributed by atoms with van der Waals surface area (Å²) in [6.07, 6.45) is 0. The van der Waals surface area contributed by atoms with Crippen LogP contribution < -0.4 is 5.32 Å². The number of nitrogens with zero attached hydrogens (tertiary/aromatic N) is 1. The van der Waals surface area contributed by atoms with Gasteiger partial charge in [0.2, 0.25) is 0 Å². The van der Waals surface area contributed by atoms with Gasteiger partial charge in [-0.25, -0.2) is 9.78 Å². The number of thiazole rings is 1. The predicted octanol–water partition coefficient (Wildman–Crippen LogP) is 4.40. The van der Waals surface area contributed by atoms with Crippen molar-refractivity contribution in [3.8, 4) is 0 Å². The molecule has 0 fully saturated rings. The fraction of sp³-hybridized carbons (Fsp3) is 0.333. The van der Waals surface area contributed by atoms with E-state index in [-0.39, 0.29) is 5.97 Å². The van der Waals surface area contributed by atoms with Gasteiger partial charge in [-0.05, 0) is 26.0 Å². The summed E-state index contributed by atoms with van der Waals surface area (Å²) < 4.78 is 4.98. The number of anilines is 2. The molecule has 4 nitrogen and oxygen atoms in total. The van der Waals surface area contributed by atoms with E-state index >= 15 is 0 Å². The summed E-state index contributed by atoms with van der Waals surface area (Å²) in [5, 5.41) is 3.86. The molecule has 0 radical (unpaired) electrons. The largest absolute Gasteiger partial charge is 0.462 e. The number of carbonyl (C=O) groups excluding carboxylic acids is 1. The maximum Gasteiger partial charge on any atom is 0.350 e. The molecule has 1 aromatic carbocycles. The van der Waals surface area contributed by atoms with Crippen LogP contribution in [0.4, 0.5) is 10.8 Å². The summed E-state index contributed by atoms with van der Waals surface area (Å²) in [6, 6.07) is 9.72. The molecule has 20 heavy (non-hydrogen) atoms. The fourth-order valence-corrected chi connectivity index (χ4v) is 2.36. The number of esters is 1. The smallest absolute Gasteiger partial charge is 0.350 e. The van der Waals surface area contributed by atoms with Crippen LogP contribution in [0, 0.1) is 6.92 Å². The predicted molar refractivity (Wildman–Crippen MR) is 83.9 cm³/mol. The first-order valence-electron chi connectivity index (χ1n) is 6.67. The Kier molecular flexibility index (Phi) is 6.73. The minimum absolute atomic E-state index is 0.311. The topological polar surface area (TPSA) is 51.2 Å². The quantitative estimate of drug-likeness (QED) is 0.849. The number of aryl methyl sites for hydroxylation is 1. The van der Waals surface area contributed by atoms with Gasteiger partial charge in [-0.2, -0.15) is 0 Å². The number of hydrogen-bond donors (Lipinski definition) is 1. The number of para-hydroxylation sites is 1. The van der Waals surface area contributed by atoms with E-state index in [9.17, 15) is 4.79 Å². The second-order valence-corrected chi connectivity index (χ2v) is 4.64. The molecule has 0 atom stereocenters. The molecule has 5 heteroatoms. The van der Waals surface area contributed by atoms with E-state index in [4.69, 9.17) is 4.74 Å². The SMILES string of the molecule is CC.CCOC(=O)c1sc(Nc2ccccc2)nc1C. The Labute approximate surface area is 123 Å². The minimum Gasteiger partial charge on any atom is -0.462 e. The average molecular weight is 292 g/mol. The molecule has 108 valence electrons. The molecule has 0 unspecified atom stereocenters. The van der Waals surface area contributed by atoms with E-state index in [0.29, 0.717) is 22.3 Å². The zero-order chi connectivity index (χ0) is 15.0. The number of aromatic nitrogens is 1. The first-order valence-corrected chi connectivity index (χ1v) is 7.49. The van der Waals surface area contributed by atoms with Crippen molar-refractivity contribution in [3.63, 3.8) is 0 Å². The van der Waals surface area contributed by atoms with Gasteiger partial charge in [-0.15, -0.1) is 0 Å². The van der Waals surface area contributed by atoms with Gasteiger partial charge in [-0.3, -0.25) is 0 Å². The highest BCUT2D eigenvalue weighted by atomic mass is 32.1. The maximum atomic E-state index is 11.7. The van der Waals surface area contributed by atoms with Crippen LogP contribution in [0.5, 0.6) is 0 Å². The summed E-state index contributed by atoms with van der Waals surface area (Å²) in [5.41, 5.74) is 1.64. The third-order valence-electron chi connectivity index (χ3n) is 2.28. The molecule has 0 bridgehead atoms. The summed E-state index contributed by atoms with van der Waals surface area (Å²) in [7, 11) is 0. The van der Waals surface area contributed by atoms with Crippen LogP contribution in [0.1, 0.15) is 36.1 Å². The lowest BCUT2D eigenvalue weighted by Gasteiger charge is -2.00.